The fraction of sp³-hybridized carbons (Fsp3) is 0.286. The number of thioether (sulfide) groups is 1. The molecule has 3 rings (SSSR count). The van der Waals surface area contributed by atoms with Crippen LogP contribution in [0.5, 0.6) is 0 Å². The zero-order valence-corrected chi connectivity index (χ0v) is 18.2. The van der Waals surface area contributed by atoms with E-state index < -0.39 is 5.25 Å². The molecule has 0 saturated carbocycles. The lowest BCUT2D eigenvalue weighted by Gasteiger charge is -2.21. The molecule has 29 heavy (non-hydrogen) atoms. The molecule has 8 heteroatoms. The summed E-state index contributed by atoms with van der Waals surface area (Å²) in [6.45, 7) is 3.84. The van der Waals surface area contributed by atoms with Crippen molar-refractivity contribution in [3.8, 4) is 5.69 Å². The van der Waals surface area contributed by atoms with Crippen molar-refractivity contribution in [3.05, 3.63) is 70.8 Å². The van der Waals surface area contributed by atoms with Gasteiger partial charge in [0.1, 0.15) is 5.82 Å². The number of carbonyl (C=O) groups excluding carboxylic acids is 1. The first-order valence-corrected chi connectivity index (χ1v) is 10.4. The van der Waals surface area contributed by atoms with Crippen LogP contribution in [0.1, 0.15) is 36.1 Å². The molecule has 0 aliphatic heterocycles. The van der Waals surface area contributed by atoms with Crippen molar-refractivity contribution >= 4 is 29.1 Å². The molecule has 0 spiro atoms. The molecule has 3 aromatic rings. The number of aromatic nitrogens is 3. The Morgan fingerprint density at radius 1 is 1.14 bits per heavy atom. The number of Topliss-reactive ketones (excluding diaryl/α,β-unsaturated/α-hetero) is 1. The Morgan fingerprint density at radius 2 is 1.83 bits per heavy atom. The summed E-state index contributed by atoms with van der Waals surface area (Å²) in [5, 5.41) is 9.38. The van der Waals surface area contributed by atoms with E-state index >= 15 is 0 Å². The molecular formula is C21H22ClFN4OS. The quantitative estimate of drug-likeness (QED) is 0.386. The summed E-state index contributed by atoms with van der Waals surface area (Å²) in [4.78, 5) is 14.9. The van der Waals surface area contributed by atoms with Gasteiger partial charge in [-0.2, -0.15) is 0 Å². The third kappa shape index (κ3) is 4.86. The van der Waals surface area contributed by atoms with E-state index in [1.165, 1.54) is 23.9 Å². The summed E-state index contributed by atoms with van der Waals surface area (Å²) in [7, 11) is 3.90. The summed E-state index contributed by atoms with van der Waals surface area (Å²) < 4.78 is 15.3. The van der Waals surface area contributed by atoms with Crippen LogP contribution in [0.3, 0.4) is 0 Å². The van der Waals surface area contributed by atoms with Gasteiger partial charge in [0.2, 0.25) is 0 Å². The van der Waals surface area contributed by atoms with Crippen LogP contribution in [0.25, 0.3) is 5.69 Å². The van der Waals surface area contributed by atoms with Crippen LogP contribution in [0.4, 0.5) is 4.39 Å². The molecule has 0 N–H and O–H groups in total. The van der Waals surface area contributed by atoms with Crippen molar-refractivity contribution in [3.63, 3.8) is 0 Å². The van der Waals surface area contributed by atoms with Crippen LogP contribution in [-0.4, -0.2) is 44.8 Å². The van der Waals surface area contributed by atoms with Crippen LogP contribution >= 0.6 is 23.4 Å². The van der Waals surface area contributed by atoms with Crippen molar-refractivity contribution in [2.45, 2.75) is 30.3 Å². The van der Waals surface area contributed by atoms with E-state index in [0.717, 1.165) is 5.69 Å². The van der Waals surface area contributed by atoms with Gasteiger partial charge in [-0.15, -0.1) is 10.2 Å². The van der Waals surface area contributed by atoms with Gasteiger partial charge < -0.3 is 0 Å². The number of hydrogen-bond acceptors (Lipinski definition) is 5. The maximum Gasteiger partial charge on any atom is 0.196 e. The van der Waals surface area contributed by atoms with E-state index in [2.05, 4.69) is 10.2 Å². The molecule has 2 aromatic carbocycles. The zero-order valence-electron chi connectivity index (χ0n) is 16.6. The molecule has 0 aliphatic rings. The average molecular weight is 433 g/mol. The second-order valence-electron chi connectivity index (χ2n) is 6.93. The van der Waals surface area contributed by atoms with Gasteiger partial charge in [-0.3, -0.25) is 14.3 Å². The number of halogens is 2. The summed E-state index contributed by atoms with van der Waals surface area (Å²) >= 11 is 7.33. The molecule has 0 saturated heterocycles. The summed E-state index contributed by atoms with van der Waals surface area (Å²) in [6, 6.07) is 13.0. The first kappa shape index (κ1) is 21.5. The number of hydrogen-bond donors (Lipinski definition) is 0. The molecule has 1 heterocycles. The van der Waals surface area contributed by atoms with Crippen molar-refractivity contribution in [1.29, 1.82) is 0 Å². The summed E-state index contributed by atoms with van der Waals surface area (Å²) in [5.74, 6) is 0.350. The fourth-order valence-electron chi connectivity index (χ4n) is 2.78. The van der Waals surface area contributed by atoms with Crippen molar-refractivity contribution < 1.29 is 9.18 Å². The van der Waals surface area contributed by atoms with Crippen LogP contribution in [-0.2, 0) is 0 Å². The predicted molar refractivity (Wildman–Crippen MR) is 115 cm³/mol. The Bertz CT molecular complexity index is 1010. The highest BCUT2D eigenvalue weighted by Gasteiger charge is 2.25. The van der Waals surface area contributed by atoms with E-state index in [9.17, 15) is 9.18 Å². The summed E-state index contributed by atoms with van der Waals surface area (Å²) in [5.41, 5.74) is 1.29. The molecule has 5 nitrogen and oxygen atoms in total. The van der Waals surface area contributed by atoms with Gasteiger partial charge in [0.15, 0.2) is 16.8 Å². The maximum atomic E-state index is 13.4. The van der Waals surface area contributed by atoms with Gasteiger partial charge in [-0.05, 0) is 64.3 Å². The minimum absolute atomic E-state index is 0.0270. The highest BCUT2D eigenvalue weighted by Crippen LogP contribution is 2.30. The van der Waals surface area contributed by atoms with Gasteiger partial charge in [0, 0.05) is 16.3 Å². The third-order valence-corrected chi connectivity index (χ3v) is 5.93. The molecule has 2 unspecified atom stereocenters. The van der Waals surface area contributed by atoms with Gasteiger partial charge in [-0.1, -0.05) is 35.5 Å². The van der Waals surface area contributed by atoms with E-state index in [1.807, 2.05) is 37.4 Å². The topological polar surface area (TPSA) is 51.0 Å². The average Bonchev–Trinajstić information content (AvgIpc) is 3.10. The van der Waals surface area contributed by atoms with E-state index in [1.54, 1.807) is 36.4 Å². The van der Waals surface area contributed by atoms with Gasteiger partial charge >= 0.3 is 0 Å². The van der Waals surface area contributed by atoms with Gasteiger partial charge in [0.05, 0.1) is 11.3 Å². The molecule has 0 amide bonds. The molecular weight excluding hydrogens is 411 g/mol. The highest BCUT2D eigenvalue weighted by molar-refractivity contribution is 8.00. The molecule has 152 valence electrons. The smallest absolute Gasteiger partial charge is 0.196 e. The molecule has 1 aromatic heterocycles. The lowest BCUT2D eigenvalue weighted by atomic mass is 10.1. The largest absolute Gasteiger partial charge is 0.300 e. The first-order chi connectivity index (χ1) is 13.8. The summed E-state index contributed by atoms with van der Waals surface area (Å²) in [6.07, 6.45) is 0. The zero-order chi connectivity index (χ0) is 21.1. The Morgan fingerprint density at radius 3 is 2.45 bits per heavy atom. The SMILES string of the molecule is CC(Sc1nnc(C(C)N(C)C)n1-c1ccc(F)cc1)C(=O)c1cccc(Cl)c1. The first-order valence-electron chi connectivity index (χ1n) is 9.12. The van der Waals surface area contributed by atoms with Gasteiger partial charge in [-0.25, -0.2) is 4.39 Å². The van der Waals surface area contributed by atoms with E-state index in [0.29, 0.717) is 21.6 Å². The Kier molecular flexibility index (Phi) is 6.72. The lowest BCUT2D eigenvalue weighted by Crippen LogP contribution is -2.21. The molecule has 0 bridgehead atoms. The molecule has 0 fully saturated rings. The Balaban J connectivity index is 1.96. The number of rotatable bonds is 7. The second-order valence-corrected chi connectivity index (χ2v) is 8.67. The van der Waals surface area contributed by atoms with Crippen molar-refractivity contribution in [1.82, 2.24) is 19.7 Å². The van der Waals surface area contributed by atoms with Crippen LogP contribution in [0, 0.1) is 5.82 Å². The predicted octanol–water partition coefficient (Wildman–Crippen LogP) is 5.05. The van der Waals surface area contributed by atoms with E-state index in [-0.39, 0.29) is 17.6 Å². The van der Waals surface area contributed by atoms with Crippen molar-refractivity contribution in [2.75, 3.05) is 14.1 Å². The Hall–Kier alpha value is -2.22. The highest BCUT2D eigenvalue weighted by atomic mass is 35.5. The Labute approximate surface area is 178 Å². The van der Waals surface area contributed by atoms with Crippen molar-refractivity contribution in [2.24, 2.45) is 0 Å². The van der Waals surface area contributed by atoms with Crippen LogP contribution in [0.2, 0.25) is 5.02 Å². The minimum atomic E-state index is -0.403. The number of carbonyl (C=O) groups is 1. The normalized spacial score (nSPS) is 13.5. The number of ketones is 1. The number of nitrogens with zero attached hydrogens (tertiary/aromatic N) is 4. The fourth-order valence-corrected chi connectivity index (χ4v) is 3.92. The molecule has 0 aliphatic carbocycles. The molecule has 2 atom stereocenters. The van der Waals surface area contributed by atoms with Gasteiger partial charge in [0.25, 0.3) is 0 Å². The second kappa shape index (κ2) is 9.07. The van der Waals surface area contributed by atoms with Crippen LogP contribution < -0.4 is 0 Å². The third-order valence-electron chi connectivity index (χ3n) is 4.65. The maximum absolute atomic E-state index is 13.4. The molecule has 0 radical (unpaired) electrons. The number of benzene rings is 2. The monoisotopic (exact) mass is 432 g/mol. The minimum Gasteiger partial charge on any atom is -0.300 e. The van der Waals surface area contributed by atoms with Crippen LogP contribution in [0.15, 0.2) is 53.7 Å². The lowest BCUT2D eigenvalue weighted by molar-refractivity contribution is 0.0994. The van der Waals surface area contributed by atoms with E-state index in [4.69, 9.17) is 11.6 Å². The standard InChI is InChI=1S/C21H22ClFN4OS/c1-13(26(3)4)20-24-25-21(27(20)18-10-8-17(23)9-11-18)29-14(2)19(28)15-6-5-7-16(22)12-15/h5-14H,1-4H3.